The quantitative estimate of drug-likeness (QED) is 0.791. The van der Waals surface area contributed by atoms with Crippen molar-refractivity contribution in [2.75, 3.05) is 20.1 Å². The number of hydrogen-bond acceptors (Lipinski definition) is 2. The maximum absolute atomic E-state index is 11.8. The summed E-state index contributed by atoms with van der Waals surface area (Å²) in [6, 6.07) is 11.0. The Hall–Kier alpha value is -1.35. The van der Waals surface area contributed by atoms with Crippen LogP contribution in [0, 0.1) is 5.92 Å². The minimum Gasteiger partial charge on any atom is -0.341 e. The lowest BCUT2D eigenvalue weighted by Crippen LogP contribution is -2.55. The van der Waals surface area contributed by atoms with Crippen molar-refractivity contribution in [3.8, 4) is 0 Å². The number of hydrogen-bond donors (Lipinski definition) is 0. The Bertz CT molecular complexity index is 431. The van der Waals surface area contributed by atoms with Crippen LogP contribution in [-0.4, -0.2) is 41.9 Å². The van der Waals surface area contributed by atoms with E-state index >= 15 is 0 Å². The first kappa shape index (κ1) is 11.7. The molecule has 1 aromatic rings. The van der Waals surface area contributed by atoms with Gasteiger partial charge in [0.05, 0.1) is 0 Å². The molecule has 1 amide bonds. The highest BCUT2D eigenvalue weighted by molar-refractivity contribution is 5.77. The molecular weight excluding hydrogens is 224 g/mol. The zero-order valence-electron chi connectivity index (χ0n) is 10.9. The Labute approximate surface area is 108 Å². The van der Waals surface area contributed by atoms with Crippen LogP contribution in [0.15, 0.2) is 30.3 Å². The zero-order valence-corrected chi connectivity index (χ0v) is 10.9. The molecule has 2 heterocycles. The molecule has 2 bridgehead atoms. The molecule has 3 nitrogen and oxygen atoms in total. The number of carbonyl (C=O) groups excluding carboxylic acids is 1. The second-order valence-corrected chi connectivity index (χ2v) is 5.64. The van der Waals surface area contributed by atoms with E-state index < -0.39 is 0 Å². The van der Waals surface area contributed by atoms with E-state index in [0.717, 1.165) is 26.1 Å². The second kappa shape index (κ2) is 4.73. The number of nitrogens with zero attached hydrogens (tertiary/aromatic N) is 2. The lowest BCUT2D eigenvalue weighted by molar-refractivity contribution is -0.140. The summed E-state index contributed by atoms with van der Waals surface area (Å²) in [6.07, 6.45) is 1.92. The minimum atomic E-state index is 0.329. The highest BCUT2D eigenvalue weighted by Crippen LogP contribution is 2.29. The van der Waals surface area contributed by atoms with Gasteiger partial charge in [0.25, 0.3) is 0 Å². The van der Waals surface area contributed by atoms with Crippen LogP contribution in [0.2, 0.25) is 0 Å². The molecule has 2 fully saturated rings. The summed E-state index contributed by atoms with van der Waals surface area (Å²) in [5.74, 6) is 0.895. The van der Waals surface area contributed by atoms with Crippen molar-refractivity contribution in [2.45, 2.75) is 25.4 Å². The topological polar surface area (TPSA) is 23.6 Å². The number of likely N-dealkylation sites (tertiary alicyclic amines) is 2. The first-order valence-electron chi connectivity index (χ1n) is 6.74. The number of benzene rings is 1. The van der Waals surface area contributed by atoms with E-state index in [2.05, 4.69) is 35.2 Å². The van der Waals surface area contributed by atoms with Gasteiger partial charge in [0, 0.05) is 39.1 Å². The van der Waals surface area contributed by atoms with E-state index in [9.17, 15) is 4.79 Å². The molecule has 18 heavy (non-hydrogen) atoms. The molecule has 96 valence electrons. The standard InChI is InChI=1S/C15H20N2O/c1-16-14-7-13(8-15(16)18)10-17(11-14)9-12-5-3-2-4-6-12/h2-6,13-14H,7-11H2,1H3/t13-,14-/m1/s1. The van der Waals surface area contributed by atoms with Crippen molar-refractivity contribution in [3.05, 3.63) is 35.9 Å². The number of rotatable bonds is 2. The summed E-state index contributed by atoms with van der Waals surface area (Å²) in [5, 5.41) is 0. The molecule has 0 aliphatic carbocycles. The Kier molecular flexibility index (Phi) is 3.08. The molecule has 2 saturated heterocycles. The van der Waals surface area contributed by atoms with Gasteiger partial charge in [-0.25, -0.2) is 0 Å². The van der Waals surface area contributed by atoms with Crippen molar-refractivity contribution < 1.29 is 4.79 Å². The van der Waals surface area contributed by atoms with Gasteiger partial charge in [-0.1, -0.05) is 30.3 Å². The number of amides is 1. The predicted molar refractivity (Wildman–Crippen MR) is 71.0 cm³/mol. The summed E-state index contributed by atoms with van der Waals surface area (Å²) >= 11 is 0. The van der Waals surface area contributed by atoms with Gasteiger partial charge in [-0.3, -0.25) is 9.69 Å². The number of carbonyl (C=O) groups is 1. The number of fused-ring (bicyclic) bond motifs is 2. The fourth-order valence-corrected chi connectivity index (χ4v) is 3.27. The SMILES string of the molecule is CN1C(=O)C[C@H]2C[C@@H]1CN(Cc1ccccc1)C2. The fraction of sp³-hybridized carbons (Fsp3) is 0.533. The van der Waals surface area contributed by atoms with Crippen molar-refractivity contribution in [3.63, 3.8) is 0 Å². The highest BCUT2D eigenvalue weighted by Gasteiger charge is 2.37. The third-order valence-corrected chi connectivity index (χ3v) is 4.24. The molecule has 0 N–H and O–H groups in total. The van der Waals surface area contributed by atoms with Crippen molar-refractivity contribution >= 4 is 5.91 Å². The van der Waals surface area contributed by atoms with Gasteiger partial charge >= 0.3 is 0 Å². The van der Waals surface area contributed by atoms with Gasteiger partial charge < -0.3 is 4.90 Å². The molecule has 2 atom stereocenters. The Balaban J connectivity index is 1.68. The third kappa shape index (κ3) is 2.27. The van der Waals surface area contributed by atoms with Gasteiger partial charge in [0.2, 0.25) is 5.91 Å². The van der Waals surface area contributed by atoms with Crippen LogP contribution in [0.5, 0.6) is 0 Å². The lowest BCUT2D eigenvalue weighted by Gasteiger charge is -2.45. The van der Waals surface area contributed by atoms with Crippen LogP contribution in [0.3, 0.4) is 0 Å². The molecule has 3 heteroatoms. The van der Waals surface area contributed by atoms with Crippen LogP contribution in [0.25, 0.3) is 0 Å². The first-order valence-corrected chi connectivity index (χ1v) is 6.74. The number of piperidine rings is 2. The van der Waals surface area contributed by atoms with Crippen LogP contribution in [0.1, 0.15) is 18.4 Å². The van der Waals surface area contributed by atoms with Crippen LogP contribution in [-0.2, 0) is 11.3 Å². The van der Waals surface area contributed by atoms with E-state index in [1.54, 1.807) is 0 Å². The maximum atomic E-state index is 11.8. The molecule has 0 spiro atoms. The summed E-state index contributed by atoms with van der Waals surface area (Å²) in [5.41, 5.74) is 1.37. The van der Waals surface area contributed by atoms with Gasteiger partial charge in [-0.05, 0) is 17.9 Å². The van der Waals surface area contributed by atoms with Gasteiger partial charge in [-0.2, -0.15) is 0 Å². The molecule has 2 aliphatic rings. The summed E-state index contributed by atoms with van der Waals surface area (Å²) < 4.78 is 0. The van der Waals surface area contributed by atoms with Crippen molar-refractivity contribution in [1.29, 1.82) is 0 Å². The van der Waals surface area contributed by atoms with Crippen molar-refractivity contribution in [2.24, 2.45) is 5.92 Å². The van der Waals surface area contributed by atoms with Gasteiger partial charge in [0.15, 0.2) is 0 Å². The molecule has 2 aliphatic heterocycles. The van der Waals surface area contributed by atoms with E-state index in [4.69, 9.17) is 0 Å². The van der Waals surface area contributed by atoms with E-state index in [1.807, 2.05) is 11.9 Å². The maximum Gasteiger partial charge on any atom is 0.222 e. The van der Waals surface area contributed by atoms with Gasteiger partial charge in [0.1, 0.15) is 0 Å². The first-order chi connectivity index (χ1) is 8.72. The predicted octanol–water partition coefficient (Wildman–Crippen LogP) is 1.74. The van der Waals surface area contributed by atoms with Crippen LogP contribution in [0.4, 0.5) is 0 Å². The molecule has 0 aromatic heterocycles. The molecule has 0 unspecified atom stereocenters. The molecule has 3 rings (SSSR count). The minimum absolute atomic E-state index is 0.329. The monoisotopic (exact) mass is 244 g/mol. The fourth-order valence-electron chi connectivity index (χ4n) is 3.27. The molecule has 1 aromatic carbocycles. The average Bonchev–Trinajstić information content (AvgIpc) is 2.37. The Morgan fingerprint density at radius 2 is 2.00 bits per heavy atom. The molecular formula is C15H20N2O. The van der Waals surface area contributed by atoms with Crippen LogP contribution < -0.4 is 0 Å². The molecule has 0 radical (unpaired) electrons. The Morgan fingerprint density at radius 3 is 2.78 bits per heavy atom. The van der Waals surface area contributed by atoms with E-state index in [0.29, 0.717) is 17.9 Å². The summed E-state index contributed by atoms with van der Waals surface area (Å²) in [7, 11) is 1.95. The Morgan fingerprint density at radius 1 is 1.22 bits per heavy atom. The largest absolute Gasteiger partial charge is 0.341 e. The normalized spacial score (nSPS) is 28.5. The number of likely N-dealkylation sites (N-methyl/N-ethyl adjacent to an activating group) is 1. The average molecular weight is 244 g/mol. The highest BCUT2D eigenvalue weighted by atomic mass is 16.2. The lowest BCUT2D eigenvalue weighted by atomic mass is 9.86. The molecule has 0 saturated carbocycles. The van der Waals surface area contributed by atoms with Crippen LogP contribution >= 0.6 is 0 Å². The second-order valence-electron chi connectivity index (χ2n) is 5.64. The van der Waals surface area contributed by atoms with Crippen molar-refractivity contribution in [1.82, 2.24) is 9.80 Å². The zero-order chi connectivity index (χ0) is 12.5. The third-order valence-electron chi connectivity index (χ3n) is 4.24. The van der Waals surface area contributed by atoms with E-state index in [1.165, 1.54) is 12.0 Å². The summed E-state index contributed by atoms with van der Waals surface area (Å²) in [4.78, 5) is 16.2. The smallest absolute Gasteiger partial charge is 0.222 e. The van der Waals surface area contributed by atoms with Gasteiger partial charge in [-0.15, -0.1) is 0 Å². The summed E-state index contributed by atoms with van der Waals surface area (Å²) in [6.45, 7) is 3.11. The van der Waals surface area contributed by atoms with E-state index in [-0.39, 0.29) is 0 Å².